The number of hydrogen-bond donors (Lipinski definition) is 1. The number of benzene rings is 1. The smallest absolute Gasteiger partial charge is 0.144 e. The minimum Gasteiger partial charge on any atom is -0.507 e. The monoisotopic (exact) mass is 519 g/mol. The van der Waals surface area contributed by atoms with Crippen LogP contribution >= 0.6 is 11.6 Å². The van der Waals surface area contributed by atoms with Crippen molar-refractivity contribution in [3.8, 4) is 11.5 Å². The Balaban J connectivity index is 2.21. The van der Waals surface area contributed by atoms with Gasteiger partial charge in [-0.2, -0.15) is 0 Å². The van der Waals surface area contributed by atoms with Gasteiger partial charge in [-0.15, -0.1) is 0 Å². The van der Waals surface area contributed by atoms with E-state index in [4.69, 9.17) is 26.0 Å². The van der Waals surface area contributed by atoms with Crippen LogP contribution in [-0.2, 0) is 16.1 Å². The summed E-state index contributed by atoms with van der Waals surface area (Å²) in [5, 5.41) is 19.6. The topological polar surface area (TPSA) is 75.9 Å². The molecule has 0 aliphatic heterocycles. The van der Waals surface area contributed by atoms with Gasteiger partial charge in [-0.1, -0.05) is 59.6 Å². The molecule has 1 saturated carbocycles. The molecule has 1 fully saturated rings. The molecule has 7 nitrogen and oxygen atoms in total. The number of likely N-dealkylation sites (N-methyl/N-ethyl adjacent to an activating group) is 1. The van der Waals surface area contributed by atoms with E-state index in [9.17, 15) is 5.11 Å². The first-order chi connectivity index (χ1) is 17.0. The molecule has 8 heteroatoms. The highest BCUT2D eigenvalue weighted by atomic mass is 35.5. The highest BCUT2D eigenvalue weighted by Gasteiger charge is 2.34. The lowest BCUT2D eigenvalue weighted by atomic mass is 9.67. The molecule has 1 aliphatic carbocycles. The fourth-order valence-electron chi connectivity index (χ4n) is 4.26. The summed E-state index contributed by atoms with van der Waals surface area (Å²) in [6, 6.07) is 0. The molecule has 0 radical (unpaired) electrons. The second kappa shape index (κ2) is 13.7. The molecule has 2 atom stereocenters. The van der Waals surface area contributed by atoms with E-state index < -0.39 is 0 Å². The van der Waals surface area contributed by atoms with Crippen molar-refractivity contribution in [1.29, 1.82) is 0 Å². The van der Waals surface area contributed by atoms with Crippen LogP contribution in [0.4, 0.5) is 0 Å². The van der Waals surface area contributed by atoms with Crippen LogP contribution in [0.1, 0.15) is 56.7 Å². The number of methoxy groups -OCH3 is 1. The highest BCUT2D eigenvalue weighted by Crippen LogP contribution is 2.42. The van der Waals surface area contributed by atoms with Gasteiger partial charge in [-0.05, 0) is 70.5 Å². The van der Waals surface area contributed by atoms with E-state index in [0.29, 0.717) is 46.4 Å². The minimum atomic E-state index is -0.00608. The third kappa shape index (κ3) is 7.74. The molecule has 1 aliphatic rings. The number of aromatic hydroxyl groups is 1. The Morgan fingerprint density at radius 1 is 1.31 bits per heavy atom. The van der Waals surface area contributed by atoms with E-state index in [1.807, 2.05) is 21.0 Å². The van der Waals surface area contributed by atoms with Crippen LogP contribution in [0.2, 0.25) is 5.02 Å². The summed E-state index contributed by atoms with van der Waals surface area (Å²) in [7, 11) is 7.05. The van der Waals surface area contributed by atoms with Crippen LogP contribution in [0.15, 0.2) is 34.1 Å². The van der Waals surface area contributed by atoms with E-state index in [1.54, 1.807) is 7.11 Å². The Morgan fingerprint density at radius 3 is 2.67 bits per heavy atom. The maximum atomic E-state index is 10.9. The number of halogens is 1. The highest BCUT2D eigenvalue weighted by molar-refractivity contribution is 6.33. The van der Waals surface area contributed by atoms with Gasteiger partial charge in [0, 0.05) is 17.7 Å². The van der Waals surface area contributed by atoms with Crippen LogP contribution in [0.5, 0.6) is 11.5 Å². The Hall–Kier alpha value is -2.51. The number of ether oxygens (including phenoxy) is 1. The van der Waals surface area contributed by atoms with Crippen LogP contribution in [0, 0.1) is 18.3 Å². The SMILES string of the molecule is CO/N=C/c1c(C)c(Cl)c(OC)c(C/C=C(C)/C=C/[C@]2(C)C/C(=N/OCCN(C)C)CC[C@H]2C)c1O. The molecule has 0 heterocycles. The van der Waals surface area contributed by atoms with Gasteiger partial charge in [0.2, 0.25) is 0 Å². The predicted octanol–water partition coefficient (Wildman–Crippen LogP) is 6.15. The fourth-order valence-corrected chi connectivity index (χ4v) is 4.56. The summed E-state index contributed by atoms with van der Waals surface area (Å²) >= 11 is 6.54. The summed E-state index contributed by atoms with van der Waals surface area (Å²) in [4.78, 5) is 12.4. The second-order valence-electron chi connectivity index (χ2n) is 10.0. The van der Waals surface area contributed by atoms with Crippen molar-refractivity contribution < 1.29 is 19.5 Å². The van der Waals surface area contributed by atoms with Gasteiger partial charge in [0.15, 0.2) is 0 Å². The Kier molecular flexibility index (Phi) is 11.3. The summed E-state index contributed by atoms with van der Waals surface area (Å²) < 4.78 is 5.54. The standard InChI is InChI=1S/C28H42ClN3O4/c1-19(9-12-23-26(33)24(18-30-35-8)21(3)25(29)27(23)34-7)13-14-28(4)17-22(11-10-20(28)2)31-36-16-15-32(5)6/h9,13-14,18,20,33H,10-12,15-17H2,1-8H3/b14-13+,19-9+,30-18+,31-22+/t20-,28-/m1/s1. The zero-order valence-corrected chi connectivity index (χ0v) is 23.8. The maximum absolute atomic E-state index is 10.9. The average Bonchev–Trinajstić information content (AvgIpc) is 2.84. The van der Waals surface area contributed by atoms with Crippen LogP contribution in [0.25, 0.3) is 0 Å². The lowest BCUT2D eigenvalue weighted by molar-refractivity contribution is 0.121. The van der Waals surface area contributed by atoms with Gasteiger partial charge in [0.25, 0.3) is 0 Å². The number of phenols is 1. The zero-order chi connectivity index (χ0) is 26.9. The molecule has 0 unspecified atom stereocenters. The molecule has 1 aromatic rings. The molecular weight excluding hydrogens is 478 g/mol. The van der Waals surface area contributed by atoms with Crippen molar-refractivity contribution in [2.24, 2.45) is 21.6 Å². The summed E-state index contributed by atoms with van der Waals surface area (Å²) in [6.45, 7) is 9.89. The van der Waals surface area contributed by atoms with Gasteiger partial charge in [0.05, 0.1) is 24.1 Å². The minimum absolute atomic E-state index is 0.00608. The lowest BCUT2D eigenvalue weighted by Crippen LogP contribution is -2.32. The third-order valence-electron chi connectivity index (χ3n) is 6.99. The molecule has 0 saturated heterocycles. The zero-order valence-electron chi connectivity index (χ0n) is 23.0. The molecule has 0 amide bonds. The van der Waals surface area contributed by atoms with Crippen LogP contribution in [-0.4, -0.2) is 63.4 Å². The summed E-state index contributed by atoms with van der Waals surface area (Å²) in [6.07, 6.45) is 11.4. The molecule has 1 aromatic carbocycles. The number of hydrogen-bond acceptors (Lipinski definition) is 7. The van der Waals surface area contributed by atoms with Crippen molar-refractivity contribution >= 4 is 23.5 Å². The normalized spacial score (nSPS) is 22.2. The first kappa shape index (κ1) is 29.7. The van der Waals surface area contributed by atoms with Gasteiger partial charge in [-0.3, -0.25) is 0 Å². The summed E-state index contributed by atoms with van der Waals surface area (Å²) in [5.74, 6) is 1.09. The van der Waals surface area contributed by atoms with Crippen molar-refractivity contribution in [2.45, 2.75) is 53.4 Å². The van der Waals surface area contributed by atoms with E-state index in [0.717, 1.165) is 37.1 Å². The van der Waals surface area contributed by atoms with E-state index in [1.165, 1.54) is 13.3 Å². The van der Waals surface area contributed by atoms with Gasteiger partial charge in [-0.25, -0.2) is 0 Å². The number of phenolic OH excluding ortho intramolecular Hbond substituents is 1. The van der Waals surface area contributed by atoms with E-state index in [2.05, 4.69) is 54.2 Å². The van der Waals surface area contributed by atoms with E-state index in [-0.39, 0.29) is 11.2 Å². The van der Waals surface area contributed by atoms with Crippen molar-refractivity contribution in [3.63, 3.8) is 0 Å². The fraction of sp³-hybridized carbons (Fsp3) is 0.571. The molecule has 0 aromatic heterocycles. The Labute approximate surface area is 221 Å². The molecule has 0 spiro atoms. The Bertz CT molecular complexity index is 1020. The largest absolute Gasteiger partial charge is 0.507 e. The molecule has 0 bridgehead atoms. The molecule has 1 N–H and O–H groups in total. The first-order valence-electron chi connectivity index (χ1n) is 12.4. The van der Waals surface area contributed by atoms with Crippen molar-refractivity contribution in [3.05, 3.63) is 45.5 Å². The van der Waals surface area contributed by atoms with Gasteiger partial charge >= 0.3 is 0 Å². The van der Waals surface area contributed by atoms with Crippen LogP contribution < -0.4 is 4.74 Å². The van der Waals surface area contributed by atoms with Crippen molar-refractivity contribution in [2.75, 3.05) is 41.5 Å². The van der Waals surface area contributed by atoms with Crippen molar-refractivity contribution in [1.82, 2.24) is 4.90 Å². The summed E-state index contributed by atoms with van der Waals surface area (Å²) in [5.41, 5.74) is 4.00. The second-order valence-corrected chi connectivity index (χ2v) is 10.4. The number of rotatable bonds is 11. The lowest BCUT2D eigenvalue weighted by Gasteiger charge is -2.37. The third-order valence-corrected chi connectivity index (χ3v) is 7.45. The quantitative estimate of drug-likeness (QED) is 0.164. The number of allylic oxidation sites excluding steroid dienone is 4. The molecular formula is C28H42ClN3O4. The first-order valence-corrected chi connectivity index (χ1v) is 12.7. The molecule has 200 valence electrons. The predicted molar refractivity (Wildman–Crippen MR) is 149 cm³/mol. The molecule has 2 rings (SSSR count). The Morgan fingerprint density at radius 2 is 2.03 bits per heavy atom. The van der Waals surface area contributed by atoms with E-state index >= 15 is 0 Å². The molecule has 36 heavy (non-hydrogen) atoms. The van der Waals surface area contributed by atoms with Gasteiger partial charge in [0.1, 0.15) is 25.2 Å². The van der Waals surface area contributed by atoms with Crippen LogP contribution in [0.3, 0.4) is 0 Å². The number of oxime groups is 2. The number of nitrogens with zero attached hydrogens (tertiary/aromatic N) is 3. The maximum Gasteiger partial charge on any atom is 0.144 e. The average molecular weight is 520 g/mol. The van der Waals surface area contributed by atoms with Gasteiger partial charge < -0.3 is 24.4 Å².